The highest BCUT2D eigenvalue weighted by Crippen LogP contribution is 2.22. The lowest BCUT2D eigenvalue weighted by Gasteiger charge is -2.20. The highest BCUT2D eigenvalue weighted by molar-refractivity contribution is 7.71. The van der Waals surface area contributed by atoms with Gasteiger partial charge in [0.25, 0.3) is 0 Å². The number of H-pyrrole nitrogens is 1. The molecule has 0 atom stereocenters. The Balaban J connectivity index is 1.47. The quantitative estimate of drug-likeness (QED) is 0.708. The van der Waals surface area contributed by atoms with Crippen LogP contribution in [-0.4, -0.2) is 51.1 Å². The Morgan fingerprint density at radius 3 is 3.04 bits per heavy atom. The van der Waals surface area contributed by atoms with Crippen molar-refractivity contribution < 1.29 is 9.59 Å². The minimum absolute atomic E-state index is 0.0486. The predicted octanol–water partition coefficient (Wildman–Crippen LogP) is 2.58. The first kappa shape index (κ1) is 18.8. The van der Waals surface area contributed by atoms with Crippen molar-refractivity contribution in [2.75, 3.05) is 19.6 Å². The Morgan fingerprint density at radius 1 is 1.35 bits per heavy atom. The predicted molar refractivity (Wildman–Crippen MR) is 103 cm³/mol. The molecule has 2 N–H and O–H groups in total. The maximum atomic E-state index is 12.1. The smallest absolute Gasteiger partial charge is 0.222 e. The third kappa shape index (κ3) is 4.79. The van der Waals surface area contributed by atoms with Gasteiger partial charge in [-0.2, -0.15) is 5.10 Å². The number of amides is 2. The molecule has 2 amide bonds. The molecule has 1 aliphatic rings. The standard InChI is InChI=1S/C17H23N5O2S2/c23-14(18-8-11-21-9-3-1-2-6-15(21)24)7-10-22-16(19-20-17(22)25)13-5-4-12-26-13/h4-5,12H,1-3,6-11H2,(H,18,23)(H,20,25). The average molecular weight is 394 g/mol. The van der Waals surface area contributed by atoms with Crippen LogP contribution >= 0.6 is 23.6 Å². The van der Waals surface area contributed by atoms with E-state index >= 15 is 0 Å². The van der Waals surface area contributed by atoms with Crippen LogP contribution in [0, 0.1) is 4.77 Å². The SMILES string of the molecule is O=C(CCn1c(-c2cccs2)n[nH]c1=S)NCCN1CCCCCC1=O. The van der Waals surface area contributed by atoms with Gasteiger partial charge in [0, 0.05) is 39.0 Å². The van der Waals surface area contributed by atoms with E-state index in [1.807, 2.05) is 27.0 Å². The number of rotatable bonds is 7. The van der Waals surface area contributed by atoms with Crippen molar-refractivity contribution in [3.05, 3.63) is 22.3 Å². The Kier molecular flexibility index (Phi) is 6.56. The number of hydrogen-bond donors (Lipinski definition) is 2. The molecule has 26 heavy (non-hydrogen) atoms. The van der Waals surface area contributed by atoms with Gasteiger partial charge in [0.15, 0.2) is 10.6 Å². The number of carbonyl (C=O) groups is 2. The summed E-state index contributed by atoms with van der Waals surface area (Å²) in [6.07, 6.45) is 4.06. The van der Waals surface area contributed by atoms with E-state index in [2.05, 4.69) is 15.5 Å². The van der Waals surface area contributed by atoms with Gasteiger partial charge in [0.1, 0.15) is 0 Å². The van der Waals surface area contributed by atoms with Gasteiger partial charge in [-0.15, -0.1) is 11.3 Å². The number of aromatic nitrogens is 3. The molecule has 3 heterocycles. The van der Waals surface area contributed by atoms with Gasteiger partial charge in [0.05, 0.1) is 4.88 Å². The van der Waals surface area contributed by atoms with Crippen molar-refractivity contribution in [1.29, 1.82) is 0 Å². The summed E-state index contributed by atoms with van der Waals surface area (Å²) in [6, 6.07) is 3.93. The van der Waals surface area contributed by atoms with E-state index in [9.17, 15) is 9.59 Å². The number of carbonyl (C=O) groups excluding carboxylic acids is 2. The van der Waals surface area contributed by atoms with E-state index in [-0.39, 0.29) is 11.8 Å². The minimum Gasteiger partial charge on any atom is -0.354 e. The number of nitrogens with zero attached hydrogens (tertiary/aromatic N) is 3. The molecule has 0 saturated carbocycles. The van der Waals surface area contributed by atoms with Crippen molar-refractivity contribution >= 4 is 35.4 Å². The van der Waals surface area contributed by atoms with Crippen LogP contribution in [0.15, 0.2) is 17.5 Å². The number of hydrogen-bond acceptors (Lipinski definition) is 5. The van der Waals surface area contributed by atoms with Crippen LogP contribution in [-0.2, 0) is 16.1 Å². The monoisotopic (exact) mass is 393 g/mol. The molecule has 9 heteroatoms. The molecule has 0 spiro atoms. The normalized spacial score (nSPS) is 15.1. The van der Waals surface area contributed by atoms with Crippen molar-refractivity contribution in [3.8, 4) is 10.7 Å². The number of likely N-dealkylation sites (tertiary alicyclic amines) is 1. The summed E-state index contributed by atoms with van der Waals surface area (Å²) >= 11 is 6.85. The molecule has 2 aromatic heterocycles. The second-order valence-corrected chi connectivity index (χ2v) is 7.61. The first-order valence-corrected chi connectivity index (χ1v) is 10.2. The summed E-state index contributed by atoms with van der Waals surface area (Å²) in [5.41, 5.74) is 0. The van der Waals surface area contributed by atoms with Gasteiger partial charge in [-0.1, -0.05) is 12.5 Å². The average Bonchev–Trinajstić information content (AvgIpc) is 3.22. The Hall–Kier alpha value is -2.00. The molecule has 3 rings (SSSR count). The van der Waals surface area contributed by atoms with Gasteiger partial charge < -0.3 is 10.2 Å². The van der Waals surface area contributed by atoms with Gasteiger partial charge in [0.2, 0.25) is 11.8 Å². The zero-order valence-corrected chi connectivity index (χ0v) is 16.2. The molecule has 7 nitrogen and oxygen atoms in total. The fourth-order valence-corrected chi connectivity index (χ4v) is 3.97. The molecule has 0 aliphatic carbocycles. The summed E-state index contributed by atoms with van der Waals surface area (Å²) in [5.74, 6) is 0.905. The van der Waals surface area contributed by atoms with E-state index < -0.39 is 0 Å². The number of aromatic amines is 1. The zero-order valence-electron chi connectivity index (χ0n) is 14.6. The molecule has 0 unspecified atom stereocenters. The molecular weight excluding hydrogens is 370 g/mol. The number of nitrogens with one attached hydrogen (secondary N) is 2. The summed E-state index contributed by atoms with van der Waals surface area (Å²) in [4.78, 5) is 27.0. The van der Waals surface area contributed by atoms with Crippen LogP contribution in [0.4, 0.5) is 0 Å². The zero-order chi connectivity index (χ0) is 18.4. The van der Waals surface area contributed by atoms with Gasteiger partial charge in [-0.05, 0) is 36.5 Å². The molecule has 0 radical (unpaired) electrons. The Bertz CT molecular complexity index is 796. The third-order valence-electron chi connectivity index (χ3n) is 4.44. The second kappa shape index (κ2) is 9.09. The summed E-state index contributed by atoms with van der Waals surface area (Å²) in [7, 11) is 0. The van der Waals surface area contributed by atoms with E-state index in [1.165, 1.54) is 0 Å². The van der Waals surface area contributed by atoms with Crippen LogP contribution in [0.25, 0.3) is 10.7 Å². The topological polar surface area (TPSA) is 83.0 Å². The largest absolute Gasteiger partial charge is 0.354 e. The van der Waals surface area contributed by atoms with E-state index in [4.69, 9.17) is 12.2 Å². The van der Waals surface area contributed by atoms with Crippen LogP contribution in [0.5, 0.6) is 0 Å². The Morgan fingerprint density at radius 2 is 2.23 bits per heavy atom. The van der Waals surface area contributed by atoms with Crippen molar-refractivity contribution in [1.82, 2.24) is 25.0 Å². The molecule has 1 aliphatic heterocycles. The highest BCUT2D eigenvalue weighted by Gasteiger charge is 2.16. The summed E-state index contributed by atoms with van der Waals surface area (Å²) in [6.45, 7) is 2.33. The summed E-state index contributed by atoms with van der Waals surface area (Å²) in [5, 5.41) is 11.9. The van der Waals surface area contributed by atoms with Crippen LogP contribution in [0.3, 0.4) is 0 Å². The lowest BCUT2D eigenvalue weighted by atomic mass is 10.2. The first-order valence-electron chi connectivity index (χ1n) is 8.88. The van der Waals surface area contributed by atoms with Crippen LogP contribution in [0.2, 0.25) is 0 Å². The maximum absolute atomic E-state index is 12.1. The van der Waals surface area contributed by atoms with Crippen LogP contribution in [0.1, 0.15) is 32.1 Å². The first-order chi connectivity index (χ1) is 12.6. The summed E-state index contributed by atoms with van der Waals surface area (Å²) < 4.78 is 2.36. The van der Waals surface area contributed by atoms with E-state index in [1.54, 1.807) is 11.3 Å². The molecule has 0 aromatic carbocycles. The molecule has 2 aromatic rings. The van der Waals surface area contributed by atoms with Gasteiger partial charge >= 0.3 is 0 Å². The second-order valence-electron chi connectivity index (χ2n) is 6.27. The van der Waals surface area contributed by atoms with Gasteiger partial charge in [-0.3, -0.25) is 19.3 Å². The van der Waals surface area contributed by atoms with Crippen molar-refractivity contribution in [3.63, 3.8) is 0 Å². The number of thiophene rings is 1. The lowest BCUT2D eigenvalue weighted by molar-refractivity contribution is -0.131. The molecule has 1 fully saturated rings. The van der Waals surface area contributed by atoms with Crippen LogP contribution < -0.4 is 5.32 Å². The fraction of sp³-hybridized carbons (Fsp3) is 0.529. The molecule has 0 bridgehead atoms. The van der Waals surface area contributed by atoms with E-state index in [0.29, 0.717) is 37.2 Å². The van der Waals surface area contributed by atoms with E-state index in [0.717, 1.165) is 36.5 Å². The lowest BCUT2D eigenvalue weighted by Crippen LogP contribution is -2.38. The van der Waals surface area contributed by atoms with Gasteiger partial charge in [-0.25, -0.2) is 0 Å². The fourth-order valence-electron chi connectivity index (χ4n) is 3.03. The Labute approximate surface area is 161 Å². The molecule has 140 valence electrons. The molecule has 1 saturated heterocycles. The third-order valence-corrected chi connectivity index (χ3v) is 5.62. The highest BCUT2D eigenvalue weighted by atomic mass is 32.1. The maximum Gasteiger partial charge on any atom is 0.222 e. The minimum atomic E-state index is -0.0486. The van der Waals surface area contributed by atoms with Crippen molar-refractivity contribution in [2.24, 2.45) is 0 Å². The molecular formula is C17H23N5O2S2. The van der Waals surface area contributed by atoms with Crippen molar-refractivity contribution in [2.45, 2.75) is 38.6 Å².